The van der Waals surface area contributed by atoms with Crippen LogP contribution in [0.5, 0.6) is 5.75 Å². The highest BCUT2D eigenvalue weighted by Crippen LogP contribution is 2.17. The molecule has 0 bridgehead atoms. The van der Waals surface area contributed by atoms with Crippen LogP contribution in [-0.2, 0) is 16.1 Å². The topological polar surface area (TPSA) is 76.7 Å². The van der Waals surface area contributed by atoms with E-state index in [4.69, 9.17) is 9.47 Å². The summed E-state index contributed by atoms with van der Waals surface area (Å²) in [6.45, 7) is 7.73. The second kappa shape index (κ2) is 11.7. The number of benzene rings is 2. The van der Waals surface area contributed by atoms with Gasteiger partial charge in [-0.05, 0) is 61.4 Å². The minimum absolute atomic E-state index is 0.181. The third kappa shape index (κ3) is 7.09. The number of nitrogens with one attached hydrogen (secondary N) is 2. The molecular formula is C26H34N2O4. The highest BCUT2D eigenvalue weighted by Gasteiger charge is 2.23. The predicted octanol–water partition coefficient (Wildman–Crippen LogP) is 4.01. The molecule has 1 aliphatic heterocycles. The van der Waals surface area contributed by atoms with Gasteiger partial charge in [-0.25, -0.2) is 0 Å². The van der Waals surface area contributed by atoms with E-state index in [1.54, 1.807) is 6.07 Å². The number of carbonyl (C=O) groups is 2. The Morgan fingerprint density at radius 1 is 1.12 bits per heavy atom. The lowest BCUT2D eigenvalue weighted by atomic mass is 10.0. The van der Waals surface area contributed by atoms with E-state index >= 15 is 0 Å². The first-order valence-corrected chi connectivity index (χ1v) is 11.4. The van der Waals surface area contributed by atoms with Crippen LogP contribution >= 0.6 is 0 Å². The third-order valence-corrected chi connectivity index (χ3v) is 5.57. The Morgan fingerprint density at radius 2 is 1.88 bits per heavy atom. The molecule has 2 N–H and O–H groups in total. The summed E-state index contributed by atoms with van der Waals surface area (Å²) in [5.74, 6) is 0.651. The van der Waals surface area contributed by atoms with Gasteiger partial charge in [0.15, 0.2) is 0 Å². The normalized spacial score (nSPS) is 16.6. The minimum Gasteiger partial charge on any atom is -0.491 e. The molecule has 1 aliphatic rings. The number of hydrogen-bond donors (Lipinski definition) is 2. The zero-order valence-electron chi connectivity index (χ0n) is 19.2. The van der Waals surface area contributed by atoms with Crippen molar-refractivity contribution >= 4 is 11.8 Å². The molecule has 0 radical (unpaired) electrons. The molecule has 2 unspecified atom stereocenters. The highest BCUT2D eigenvalue weighted by molar-refractivity contribution is 5.98. The first kappa shape index (κ1) is 23.8. The molecule has 2 atom stereocenters. The molecule has 0 saturated carbocycles. The Morgan fingerprint density at radius 3 is 2.53 bits per heavy atom. The maximum atomic E-state index is 12.9. The number of aryl methyl sites for hydroxylation is 1. The molecule has 0 spiro atoms. The number of amides is 2. The Balaban J connectivity index is 1.52. The quantitative estimate of drug-likeness (QED) is 0.588. The Bertz CT molecular complexity index is 889. The van der Waals surface area contributed by atoms with Crippen molar-refractivity contribution in [3.63, 3.8) is 0 Å². The molecule has 2 aromatic rings. The van der Waals surface area contributed by atoms with Crippen LogP contribution in [0.2, 0.25) is 0 Å². The second-order valence-corrected chi connectivity index (χ2v) is 8.78. The van der Waals surface area contributed by atoms with Crippen molar-refractivity contribution in [3.05, 3.63) is 65.2 Å². The molecular weight excluding hydrogens is 404 g/mol. The SMILES string of the molecule is Cc1ccccc1C(=O)NC(CC(C)C)C(=O)NCc1ccc(OCC2CCCO2)cc1. The molecule has 1 saturated heterocycles. The largest absolute Gasteiger partial charge is 0.491 e. The van der Waals surface area contributed by atoms with E-state index < -0.39 is 6.04 Å². The van der Waals surface area contributed by atoms with E-state index in [9.17, 15) is 9.59 Å². The molecule has 172 valence electrons. The van der Waals surface area contributed by atoms with Crippen molar-refractivity contribution in [1.29, 1.82) is 0 Å². The summed E-state index contributed by atoms with van der Waals surface area (Å²) in [4.78, 5) is 25.6. The molecule has 0 aromatic heterocycles. The first-order valence-electron chi connectivity index (χ1n) is 11.4. The summed E-state index contributed by atoms with van der Waals surface area (Å²) in [5, 5.41) is 5.87. The van der Waals surface area contributed by atoms with Crippen LogP contribution < -0.4 is 15.4 Å². The van der Waals surface area contributed by atoms with Gasteiger partial charge in [-0.15, -0.1) is 0 Å². The van der Waals surface area contributed by atoms with Crippen LogP contribution in [-0.4, -0.2) is 37.2 Å². The van der Waals surface area contributed by atoms with Gasteiger partial charge in [0.05, 0.1) is 6.10 Å². The van der Waals surface area contributed by atoms with E-state index in [1.807, 2.05) is 63.2 Å². The summed E-state index contributed by atoms with van der Waals surface area (Å²) in [6, 6.07) is 14.5. The van der Waals surface area contributed by atoms with Crippen molar-refractivity contribution in [2.75, 3.05) is 13.2 Å². The van der Waals surface area contributed by atoms with Gasteiger partial charge in [0, 0.05) is 18.7 Å². The first-order chi connectivity index (χ1) is 15.4. The molecule has 2 aromatic carbocycles. The lowest BCUT2D eigenvalue weighted by Gasteiger charge is -2.21. The van der Waals surface area contributed by atoms with Crippen molar-refractivity contribution in [3.8, 4) is 5.75 Å². The van der Waals surface area contributed by atoms with E-state index in [2.05, 4.69) is 10.6 Å². The minimum atomic E-state index is -0.587. The molecule has 0 aliphatic carbocycles. The molecule has 1 heterocycles. The van der Waals surface area contributed by atoms with Crippen molar-refractivity contribution in [2.45, 2.75) is 58.7 Å². The molecule has 6 nitrogen and oxygen atoms in total. The van der Waals surface area contributed by atoms with Crippen LogP contribution in [0.15, 0.2) is 48.5 Å². The van der Waals surface area contributed by atoms with Gasteiger partial charge >= 0.3 is 0 Å². The van der Waals surface area contributed by atoms with Gasteiger partial charge in [0.1, 0.15) is 18.4 Å². The molecule has 3 rings (SSSR count). The van der Waals surface area contributed by atoms with Gasteiger partial charge in [0.2, 0.25) is 5.91 Å². The number of carbonyl (C=O) groups excluding carboxylic acids is 2. The Labute approximate surface area is 190 Å². The van der Waals surface area contributed by atoms with Crippen LogP contribution in [0.25, 0.3) is 0 Å². The van der Waals surface area contributed by atoms with E-state index in [0.717, 1.165) is 36.3 Å². The van der Waals surface area contributed by atoms with E-state index in [1.165, 1.54) is 0 Å². The van der Waals surface area contributed by atoms with E-state index in [-0.39, 0.29) is 23.8 Å². The average Bonchev–Trinajstić information content (AvgIpc) is 3.30. The van der Waals surface area contributed by atoms with Crippen LogP contribution in [0.1, 0.15) is 54.6 Å². The zero-order chi connectivity index (χ0) is 22.9. The smallest absolute Gasteiger partial charge is 0.252 e. The number of hydrogen-bond acceptors (Lipinski definition) is 4. The summed E-state index contributed by atoms with van der Waals surface area (Å²) in [5.41, 5.74) is 2.44. The van der Waals surface area contributed by atoms with Crippen LogP contribution in [0.4, 0.5) is 0 Å². The molecule has 1 fully saturated rings. The van der Waals surface area contributed by atoms with Gasteiger partial charge in [0.25, 0.3) is 5.91 Å². The Hall–Kier alpha value is -2.86. The summed E-state index contributed by atoms with van der Waals surface area (Å²) in [6.07, 6.45) is 2.89. The molecule has 2 amide bonds. The van der Waals surface area contributed by atoms with Gasteiger partial charge in [-0.1, -0.05) is 44.2 Å². The monoisotopic (exact) mass is 438 g/mol. The number of rotatable bonds is 10. The second-order valence-electron chi connectivity index (χ2n) is 8.78. The zero-order valence-corrected chi connectivity index (χ0v) is 19.2. The summed E-state index contributed by atoms with van der Waals surface area (Å²) < 4.78 is 11.4. The van der Waals surface area contributed by atoms with Crippen LogP contribution in [0, 0.1) is 12.8 Å². The van der Waals surface area contributed by atoms with Crippen molar-refractivity contribution in [1.82, 2.24) is 10.6 Å². The lowest BCUT2D eigenvalue weighted by molar-refractivity contribution is -0.123. The fourth-order valence-corrected chi connectivity index (χ4v) is 3.75. The van der Waals surface area contributed by atoms with Gasteiger partial charge in [-0.2, -0.15) is 0 Å². The predicted molar refractivity (Wildman–Crippen MR) is 125 cm³/mol. The van der Waals surface area contributed by atoms with Crippen molar-refractivity contribution in [2.24, 2.45) is 5.92 Å². The Kier molecular flexibility index (Phi) is 8.68. The highest BCUT2D eigenvalue weighted by atomic mass is 16.5. The lowest BCUT2D eigenvalue weighted by Crippen LogP contribution is -2.47. The average molecular weight is 439 g/mol. The third-order valence-electron chi connectivity index (χ3n) is 5.57. The fourth-order valence-electron chi connectivity index (χ4n) is 3.75. The number of ether oxygens (including phenoxy) is 2. The van der Waals surface area contributed by atoms with Gasteiger partial charge in [-0.3, -0.25) is 9.59 Å². The summed E-state index contributed by atoms with van der Waals surface area (Å²) >= 11 is 0. The van der Waals surface area contributed by atoms with Gasteiger partial charge < -0.3 is 20.1 Å². The molecule has 6 heteroatoms. The maximum absolute atomic E-state index is 12.9. The molecule has 32 heavy (non-hydrogen) atoms. The maximum Gasteiger partial charge on any atom is 0.252 e. The fraction of sp³-hybridized carbons (Fsp3) is 0.462. The summed E-state index contributed by atoms with van der Waals surface area (Å²) in [7, 11) is 0. The van der Waals surface area contributed by atoms with Crippen molar-refractivity contribution < 1.29 is 19.1 Å². The van der Waals surface area contributed by atoms with E-state index in [0.29, 0.717) is 25.1 Å². The standard InChI is InChI=1S/C26H34N2O4/c1-18(2)15-24(28-25(29)23-9-5-4-7-19(23)3)26(30)27-16-20-10-12-21(13-11-20)32-17-22-8-6-14-31-22/h4-5,7,9-13,18,22,24H,6,8,14-17H2,1-3H3,(H,27,30)(H,28,29). The van der Waals surface area contributed by atoms with Crippen LogP contribution in [0.3, 0.4) is 0 Å².